The van der Waals surface area contributed by atoms with E-state index >= 15 is 0 Å². The van der Waals surface area contributed by atoms with E-state index in [-0.39, 0.29) is 5.69 Å². The second-order valence-electron chi connectivity index (χ2n) is 4.53. The number of carboxylic acids is 1. The summed E-state index contributed by atoms with van der Waals surface area (Å²) in [7, 11) is 0. The van der Waals surface area contributed by atoms with Gasteiger partial charge in [-0.25, -0.2) is 4.79 Å². The van der Waals surface area contributed by atoms with E-state index < -0.39 is 16.9 Å². The summed E-state index contributed by atoms with van der Waals surface area (Å²) in [4.78, 5) is 21.9. The van der Waals surface area contributed by atoms with Crippen LogP contribution < -0.4 is 5.32 Å². The third-order valence-electron chi connectivity index (χ3n) is 3.18. The Balaban J connectivity index is 2.37. The van der Waals surface area contributed by atoms with Crippen LogP contribution in [0.2, 0.25) is 0 Å². The van der Waals surface area contributed by atoms with Crippen LogP contribution in [0, 0.1) is 17.0 Å². The van der Waals surface area contributed by atoms with Crippen molar-refractivity contribution in [3.8, 4) is 0 Å². The molecule has 0 aliphatic carbocycles. The van der Waals surface area contributed by atoms with Gasteiger partial charge in [-0.3, -0.25) is 10.1 Å². The van der Waals surface area contributed by atoms with Gasteiger partial charge in [-0.15, -0.1) is 0 Å². The summed E-state index contributed by atoms with van der Waals surface area (Å²) in [6.45, 7) is 1.59. The second-order valence-corrected chi connectivity index (χ2v) is 4.53. The molecule has 0 aliphatic rings. The molecule has 0 radical (unpaired) electrons. The fourth-order valence-electron chi connectivity index (χ4n) is 2.07. The normalized spacial score (nSPS) is 11.7. The Morgan fingerprint density at radius 1 is 1.19 bits per heavy atom. The average Bonchev–Trinajstić information content (AvgIpc) is 2.46. The fourth-order valence-corrected chi connectivity index (χ4v) is 2.07. The van der Waals surface area contributed by atoms with Crippen LogP contribution in [-0.2, 0) is 4.79 Å². The number of rotatable bonds is 5. The summed E-state index contributed by atoms with van der Waals surface area (Å²) in [5.41, 5.74) is 1.37. The van der Waals surface area contributed by atoms with Gasteiger partial charge < -0.3 is 10.4 Å². The molecule has 2 aromatic rings. The van der Waals surface area contributed by atoms with Gasteiger partial charge in [-0.1, -0.05) is 36.4 Å². The minimum atomic E-state index is -1.05. The highest BCUT2D eigenvalue weighted by Crippen LogP contribution is 2.28. The van der Waals surface area contributed by atoms with Crippen molar-refractivity contribution in [2.24, 2.45) is 0 Å². The molecule has 1 unspecified atom stereocenters. The second kappa shape index (κ2) is 6.04. The lowest BCUT2D eigenvalue weighted by molar-refractivity contribution is -0.385. The lowest BCUT2D eigenvalue weighted by Gasteiger charge is -2.17. The van der Waals surface area contributed by atoms with Crippen molar-refractivity contribution in [1.29, 1.82) is 0 Å². The molecule has 0 spiro atoms. The summed E-state index contributed by atoms with van der Waals surface area (Å²) in [5, 5.41) is 23.1. The van der Waals surface area contributed by atoms with Gasteiger partial charge in [0.05, 0.1) is 4.92 Å². The van der Waals surface area contributed by atoms with Crippen LogP contribution in [-0.4, -0.2) is 16.0 Å². The van der Waals surface area contributed by atoms with Crippen LogP contribution in [0.4, 0.5) is 11.4 Å². The molecule has 6 heteroatoms. The number of nitrogens with one attached hydrogen (secondary N) is 1. The summed E-state index contributed by atoms with van der Waals surface area (Å²) in [6, 6.07) is 12.2. The van der Waals surface area contributed by atoms with E-state index in [4.69, 9.17) is 0 Å². The Labute approximate surface area is 121 Å². The lowest BCUT2D eigenvalue weighted by Crippen LogP contribution is -2.21. The molecule has 0 fully saturated rings. The van der Waals surface area contributed by atoms with E-state index in [2.05, 4.69) is 5.32 Å². The minimum absolute atomic E-state index is 0.0443. The maximum Gasteiger partial charge on any atom is 0.330 e. The predicted octanol–water partition coefficient (Wildman–Crippen LogP) is 3.14. The molecule has 108 valence electrons. The van der Waals surface area contributed by atoms with Crippen LogP contribution in [0.5, 0.6) is 0 Å². The summed E-state index contributed by atoms with van der Waals surface area (Å²) in [5.74, 6) is -1.05. The first kappa shape index (κ1) is 14.5. The van der Waals surface area contributed by atoms with Gasteiger partial charge >= 0.3 is 5.97 Å². The number of aliphatic carboxylic acids is 1. The molecule has 2 aromatic carbocycles. The van der Waals surface area contributed by atoms with Crippen molar-refractivity contribution in [1.82, 2.24) is 0 Å². The third-order valence-corrected chi connectivity index (χ3v) is 3.18. The van der Waals surface area contributed by atoms with Crippen molar-refractivity contribution in [3.63, 3.8) is 0 Å². The van der Waals surface area contributed by atoms with Crippen LogP contribution >= 0.6 is 0 Å². The highest BCUT2D eigenvalue weighted by molar-refractivity contribution is 5.80. The zero-order chi connectivity index (χ0) is 15.4. The first-order valence-electron chi connectivity index (χ1n) is 6.29. The quantitative estimate of drug-likeness (QED) is 0.650. The largest absolute Gasteiger partial charge is 0.479 e. The molecule has 21 heavy (non-hydrogen) atoms. The van der Waals surface area contributed by atoms with Crippen LogP contribution in [0.25, 0.3) is 0 Å². The standard InChI is InChI=1S/C15H14N2O4/c1-10-12(8-5-9-13(10)17(20)21)16-14(15(18)19)11-6-3-2-4-7-11/h2-9,14,16H,1H3,(H,18,19). The predicted molar refractivity (Wildman–Crippen MR) is 78.3 cm³/mol. The molecule has 2 rings (SSSR count). The number of nitrogens with zero attached hydrogens (tertiary/aromatic N) is 1. The summed E-state index contributed by atoms with van der Waals surface area (Å²) >= 11 is 0. The zero-order valence-electron chi connectivity index (χ0n) is 11.3. The van der Waals surface area contributed by atoms with Gasteiger partial charge in [0, 0.05) is 17.3 Å². The molecule has 0 heterocycles. The summed E-state index contributed by atoms with van der Waals surface area (Å²) in [6.07, 6.45) is 0. The SMILES string of the molecule is Cc1c(NC(C(=O)O)c2ccccc2)cccc1[N+](=O)[O-]. The van der Waals surface area contributed by atoms with Gasteiger partial charge in [0.1, 0.15) is 0 Å². The molecule has 0 amide bonds. The van der Waals surface area contributed by atoms with Gasteiger partial charge in [-0.2, -0.15) is 0 Å². The summed E-state index contributed by atoms with van der Waals surface area (Å²) < 4.78 is 0. The average molecular weight is 286 g/mol. The molecular formula is C15H14N2O4. The van der Waals surface area contributed by atoms with E-state index in [9.17, 15) is 20.0 Å². The highest BCUT2D eigenvalue weighted by Gasteiger charge is 2.22. The molecule has 1 atom stereocenters. The number of anilines is 1. The zero-order valence-corrected chi connectivity index (χ0v) is 11.3. The van der Waals surface area contributed by atoms with E-state index in [1.807, 2.05) is 0 Å². The van der Waals surface area contributed by atoms with Crippen molar-refractivity contribution < 1.29 is 14.8 Å². The van der Waals surface area contributed by atoms with Crippen molar-refractivity contribution >= 4 is 17.3 Å². The molecule has 0 saturated carbocycles. The number of benzene rings is 2. The Kier molecular flexibility index (Phi) is 4.18. The van der Waals surface area contributed by atoms with Crippen LogP contribution in [0.15, 0.2) is 48.5 Å². The maximum atomic E-state index is 11.4. The van der Waals surface area contributed by atoms with Gasteiger partial charge in [0.25, 0.3) is 5.69 Å². The lowest BCUT2D eigenvalue weighted by atomic mass is 10.1. The number of carbonyl (C=O) groups is 1. The fraction of sp³-hybridized carbons (Fsp3) is 0.133. The van der Waals surface area contributed by atoms with Crippen molar-refractivity contribution in [2.75, 3.05) is 5.32 Å². The van der Waals surface area contributed by atoms with E-state index in [1.54, 1.807) is 43.3 Å². The number of nitro groups is 1. The first-order valence-corrected chi connectivity index (χ1v) is 6.29. The van der Waals surface area contributed by atoms with E-state index in [0.717, 1.165) is 0 Å². The van der Waals surface area contributed by atoms with Gasteiger partial charge in [0.15, 0.2) is 6.04 Å². The highest BCUT2D eigenvalue weighted by atomic mass is 16.6. The molecular weight excluding hydrogens is 272 g/mol. The monoisotopic (exact) mass is 286 g/mol. The van der Waals surface area contributed by atoms with Crippen LogP contribution in [0.1, 0.15) is 17.2 Å². The van der Waals surface area contributed by atoms with Gasteiger partial charge in [0.2, 0.25) is 0 Å². The Morgan fingerprint density at radius 2 is 1.86 bits per heavy atom. The van der Waals surface area contributed by atoms with Gasteiger partial charge in [-0.05, 0) is 18.6 Å². The molecule has 2 N–H and O–H groups in total. The number of carboxylic acid groups (broad SMARTS) is 1. The van der Waals surface area contributed by atoms with Crippen molar-refractivity contribution in [3.05, 3.63) is 69.8 Å². The molecule has 0 saturated heterocycles. The van der Waals surface area contributed by atoms with E-state index in [1.165, 1.54) is 12.1 Å². The number of hydrogen-bond donors (Lipinski definition) is 2. The molecule has 6 nitrogen and oxygen atoms in total. The third kappa shape index (κ3) is 3.17. The Bertz CT molecular complexity index is 671. The minimum Gasteiger partial charge on any atom is -0.479 e. The Hall–Kier alpha value is -2.89. The first-order chi connectivity index (χ1) is 10.0. The topological polar surface area (TPSA) is 92.5 Å². The molecule has 0 aromatic heterocycles. The number of hydrogen-bond acceptors (Lipinski definition) is 4. The van der Waals surface area contributed by atoms with E-state index in [0.29, 0.717) is 16.8 Å². The Morgan fingerprint density at radius 3 is 2.43 bits per heavy atom. The number of nitro benzene ring substituents is 1. The smallest absolute Gasteiger partial charge is 0.330 e. The van der Waals surface area contributed by atoms with Crippen molar-refractivity contribution in [2.45, 2.75) is 13.0 Å². The molecule has 0 bridgehead atoms. The van der Waals surface area contributed by atoms with Crippen LogP contribution in [0.3, 0.4) is 0 Å². The molecule has 0 aliphatic heterocycles. The maximum absolute atomic E-state index is 11.4.